The van der Waals surface area contributed by atoms with E-state index in [2.05, 4.69) is 12.2 Å². The first-order valence-electron chi connectivity index (χ1n) is 6.15. The van der Waals surface area contributed by atoms with Gasteiger partial charge >= 0.3 is 0 Å². The molecule has 0 amide bonds. The Kier molecular flexibility index (Phi) is 3.82. The van der Waals surface area contributed by atoms with Gasteiger partial charge in [0.1, 0.15) is 0 Å². The maximum atomic E-state index is 5.38. The Morgan fingerprint density at radius 2 is 2.21 bits per heavy atom. The lowest BCUT2D eigenvalue weighted by atomic mass is 9.87. The molecule has 0 aromatic rings. The van der Waals surface area contributed by atoms with Gasteiger partial charge in [-0.1, -0.05) is 19.8 Å². The summed E-state index contributed by atoms with van der Waals surface area (Å²) in [6.07, 6.45) is 6.88. The van der Waals surface area contributed by atoms with Gasteiger partial charge in [0.15, 0.2) is 0 Å². The molecular formula is C12H23NO. The van der Waals surface area contributed by atoms with E-state index in [9.17, 15) is 0 Å². The largest absolute Gasteiger partial charge is 0.381 e. The summed E-state index contributed by atoms with van der Waals surface area (Å²) in [4.78, 5) is 0. The molecule has 82 valence electrons. The zero-order chi connectivity index (χ0) is 9.80. The number of rotatable bonds is 3. The summed E-state index contributed by atoms with van der Waals surface area (Å²) in [5.74, 6) is 1.72. The molecule has 1 saturated carbocycles. The van der Waals surface area contributed by atoms with Gasteiger partial charge in [-0.15, -0.1) is 0 Å². The Morgan fingerprint density at radius 3 is 2.93 bits per heavy atom. The number of nitrogens with one attached hydrogen (secondary N) is 1. The minimum Gasteiger partial charge on any atom is -0.381 e. The van der Waals surface area contributed by atoms with Crippen molar-refractivity contribution >= 4 is 0 Å². The molecule has 0 aromatic carbocycles. The van der Waals surface area contributed by atoms with Gasteiger partial charge in [-0.3, -0.25) is 0 Å². The smallest absolute Gasteiger partial charge is 0.0507 e. The van der Waals surface area contributed by atoms with Crippen LogP contribution in [0.4, 0.5) is 0 Å². The van der Waals surface area contributed by atoms with Gasteiger partial charge < -0.3 is 10.1 Å². The highest BCUT2D eigenvalue weighted by atomic mass is 16.5. The Hall–Kier alpha value is -0.0800. The van der Waals surface area contributed by atoms with E-state index in [1.165, 1.54) is 38.6 Å². The SMILES string of the molecule is CC1CCCC(NCC2CCOC2)C1. The zero-order valence-corrected chi connectivity index (χ0v) is 9.30. The molecule has 1 N–H and O–H groups in total. The van der Waals surface area contributed by atoms with E-state index in [4.69, 9.17) is 4.74 Å². The molecule has 0 spiro atoms. The van der Waals surface area contributed by atoms with Gasteiger partial charge in [-0.25, -0.2) is 0 Å². The maximum Gasteiger partial charge on any atom is 0.0507 e. The van der Waals surface area contributed by atoms with Crippen molar-refractivity contribution in [2.24, 2.45) is 11.8 Å². The van der Waals surface area contributed by atoms with Crippen molar-refractivity contribution in [2.45, 2.75) is 45.1 Å². The van der Waals surface area contributed by atoms with E-state index in [1.54, 1.807) is 0 Å². The highest BCUT2D eigenvalue weighted by Gasteiger charge is 2.21. The maximum absolute atomic E-state index is 5.38. The van der Waals surface area contributed by atoms with Gasteiger partial charge in [0, 0.05) is 19.2 Å². The average molecular weight is 197 g/mol. The predicted octanol–water partition coefficient (Wildman–Crippen LogP) is 2.19. The van der Waals surface area contributed by atoms with Crippen LogP contribution in [0.2, 0.25) is 0 Å². The van der Waals surface area contributed by atoms with Crippen molar-refractivity contribution in [3.05, 3.63) is 0 Å². The fourth-order valence-corrected chi connectivity index (χ4v) is 2.70. The summed E-state index contributed by atoms with van der Waals surface area (Å²) >= 11 is 0. The molecule has 1 aliphatic carbocycles. The van der Waals surface area contributed by atoms with E-state index in [0.717, 1.165) is 31.1 Å². The van der Waals surface area contributed by atoms with Crippen LogP contribution in [-0.4, -0.2) is 25.8 Å². The standard InChI is InChI=1S/C12H23NO/c1-10-3-2-4-12(7-10)13-8-11-5-6-14-9-11/h10-13H,2-9H2,1H3. The third-order valence-corrected chi connectivity index (χ3v) is 3.66. The molecule has 2 rings (SSSR count). The van der Waals surface area contributed by atoms with Crippen molar-refractivity contribution in [1.82, 2.24) is 5.32 Å². The highest BCUT2D eigenvalue weighted by Crippen LogP contribution is 2.23. The number of hydrogen-bond acceptors (Lipinski definition) is 2. The van der Waals surface area contributed by atoms with Crippen molar-refractivity contribution in [3.8, 4) is 0 Å². The summed E-state index contributed by atoms with van der Waals surface area (Å²) in [5.41, 5.74) is 0. The first kappa shape index (κ1) is 10.4. The molecule has 1 heterocycles. The molecule has 3 atom stereocenters. The highest BCUT2D eigenvalue weighted by molar-refractivity contribution is 4.77. The normalized spacial score (nSPS) is 38.8. The number of ether oxygens (including phenoxy) is 1. The van der Waals surface area contributed by atoms with Crippen LogP contribution >= 0.6 is 0 Å². The van der Waals surface area contributed by atoms with Gasteiger partial charge in [0.25, 0.3) is 0 Å². The van der Waals surface area contributed by atoms with Crippen LogP contribution in [0.3, 0.4) is 0 Å². The van der Waals surface area contributed by atoms with Gasteiger partial charge in [-0.05, 0) is 31.1 Å². The summed E-state index contributed by atoms with van der Waals surface area (Å²) in [6, 6.07) is 0.791. The molecule has 1 saturated heterocycles. The Labute approximate surface area is 87.4 Å². The van der Waals surface area contributed by atoms with Gasteiger partial charge in [-0.2, -0.15) is 0 Å². The molecule has 1 aliphatic heterocycles. The van der Waals surface area contributed by atoms with Crippen molar-refractivity contribution in [2.75, 3.05) is 19.8 Å². The molecule has 0 bridgehead atoms. The van der Waals surface area contributed by atoms with Crippen LogP contribution in [0.15, 0.2) is 0 Å². The Balaban J connectivity index is 1.64. The van der Waals surface area contributed by atoms with E-state index < -0.39 is 0 Å². The topological polar surface area (TPSA) is 21.3 Å². The summed E-state index contributed by atoms with van der Waals surface area (Å²) < 4.78 is 5.38. The fraction of sp³-hybridized carbons (Fsp3) is 1.00. The first-order chi connectivity index (χ1) is 6.84. The molecule has 2 aliphatic rings. The van der Waals surface area contributed by atoms with Crippen LogP contribution < -0.4 is 5.32 Å². The molecule has 0 radical (unpaired) electrons. The van der Waals surface area contributed by atoms with E-state index >= 15 is 0 Å². The molecule has 0 aromatic heterocycles. The molecule has 2 heteroatoms. The average Bonchev–Trinajstić information content (AvgIpc) is 2.67. The second kappa shape index (κ2) is 5.13. The molecule has 2 fully saturated rings. The van der Waals surface area contributed by atoms with Crippen molar-refractivity contribution in [3.63, 3.8) is 0 Å². The Morgan fingerprint density at radius 1 is 1.29 bits per heavy atom. The quantitative estimate of drug-likeness (QED) is 0.749. The monoisotopic (exact) mass is 197 g/mol. The van der Waals surface area contributed by atoms with Crippen LogP contribution in [0.1, 0.15) is 39.0 Å². The minimum absolute atomic E-state index is 0.784. The number of hydrogen-bond donors (Lipinski definition) is 1. The van der Waals surface area contributed by atoms with Gasteiger partial charge in [0.05, 0.1) is 6.61 Å². The third kappa shape index (κ3) is 2.96. The summed E-state index contributed by atoms with van der Waals surface area (Å²) in [6.45, 7) is 5.52. The lowest BCUT2D eigenvalue weighted by Crippen LogP contribution is -2.36. The zero-order valence-electron chi connectivity index (χ0n) is 9.30. The lowest BCUT2D eigenvalue weighted by Gasteiger charge is -2.28. The van der Waals surface area contributed by atoms with Crippen molar-refractivity contribution in [1.29, 1.82) is 0 Å². The van der Waals surface area contributed by atoms with Crippen LogP contribution in [0, 0.1) is 11.8 Å². The minimum atomic E-state index is 0.784. The fourth-order valence-electron chi connectivity index (χ4n) is 2.70. The molecule has 3 unspecified atom stereocenters. The van der Waals surface area contributed by atoms with E-state index in [-0.39, 0.29) is 0 Å². The van der Waals surface area contributed by atoms with Crippen molar-refractivity contribution < 1.29 is 4.74 Å². The van der Waals surface area contributed by atoms with Crippen LogP contribution in [0.25, 0.3) is 0 Å². The predicted molar refractivity (Wildman–Crippen MR) is 58.3 cm³/mol. The summed E-state index contributed by atoms with van der Waals surface area (Å²) in [5, 5.41) is 3.71. The Bertz CT molecular complexity index is 166. The van der Waals surface area contributed by atoms with E-state index in [0.29, 0.717) is 0 Å². The second-order valence-electron chi connectivity index (χ2n) is 5.11. The second-order valence-corrected chi connectivity index (χ2v) is 5.11. The van der Waals surface area contributed by atoms with Crippen LogP contribution in [0.5, 0.6) is 0 Å². The lowest BCUT2D eigenvalue weighted by molar-refractivity contribution is 0.183. The summed E-state index contributed by atoms with van der Waals surface area (Å²) in [7, 11) is 0. The molecule has 14 heavy (non-hydrogen) atoms. The van der Waals surface area contributed by atoms with E-state index in [1.807, 2.05) is 0 Å². The third-order valence-electron chi connectivity index (χ3n) is 3.66. The first-order valence-corrected chi connectivity index (χ1v) is 6.15. The van der Waals surface area contributed by atoms with Gasteiger partial charge in [0.2, 0.25) is 0 Å². The molecule has 2 nitrogen and oxygen atoms in total. The molecular weight excluding hydrogens is 174 g/mol. The van der Waals surface area contributed by atoms with Crippen LogP contribution in [-0.2, 0) is 4.74 Å².